The second-order valence-corrected chi connectivity index (χ2v) is 9.44. The second kappa shape index (κ2) is 7.66. The quantitative estimate of drug-likeness (QED) is 0.552. The summed E-state index contributed by atoms with van der Waals surface area (Å²) in [5, 5.41) is 0. The van der Waals surface area contributed by atoms with E-state index in [1.807, 2.05) is 55.5 Å². The van der Waals surface area contributed by atoms with Crippen LogP contribution in [0, 0.1) is 11.8 Å². The molecule has 1 aliphatic heterocycles. The van der Waals surface area contributed by atoms with Gasteiger partial charge in [0, 0.05) is 24.4 Å². The van der Waals surface area contributed by atoms with E-state index in [1.54, 1.807) is 4.90 Å². The van der Waals surface area contributed by atoms with Gasteiger partial charge in [-0.2, -0.15) is 0 Å². The minimum Gasteiger partial charge on any atom is -0.294 e. The third-order valence-electron chi connectivity index (χ3n) is 7.87. The summed E-state index contributed by atoms with van der Waals surface area (Å²) in [7, 11) is 0. The normalized spacial score (nSPS) is 24.0. The Morgan fingerprint density at radius 3 is 1.65 bits per heavy atom. The van der Waals surface area contributed by atoms with Crippen molar-refractivity contribution in [2.75, 3.05) is 11.6 Å². The number of aryl methyl sites for hydroxylation is 1. The van der Waals surface area contributed by atoms with Crippen molar-refractivity contribution in [1.29, 1.82) is 0 Å². The largest absolute Gasteiger partial charge is 0.294 e. The van der Waals surface area contributed by atoms with Crippen LogP contribution in [0.1, 0.15) is 53.5 Å². The van der Waals surface area contributed by atoms with Gasteiger partial charge < -0.3 is 0 Å². The molecule has 7 rings (SSSR count). The minimum atomic E-state index is -0.433. The van der Waals surface area contributed by atoms with Crippen LogP contribution in [-0.2, 0) is 20.8 Å². The van der Waals surface area contributed by atoms with Gasteiger partial charge in [-0.05, 0) is 40.3 Å². The molecule has 0 aromatic heterocycles. The van der Waals surface area contributed by atoms with E-state index in [0.29, 0.717) is 0 Å². The third kappa shape index (κ3) is 2.76. The van der Waals surface area contributed by atoms with Crippen molar-refractivity contribution in [2.45, 2.75) is 32.1 Å². The molecule has 2 bridgehead atoms. The molecule has 0 saturated carbocycles. The fourth-order valence-corrected chi connectivity index (χ4v) is 6.44. The van der Waals surface area contributed by atoms with Gasteiger partial charge in [0.15, 0.2) is 0 Å². The van der Waals surface area contributed by atoms with Crippen molar-refractivity contribution in [3.05, 3.63) is 101 Å². The summed E-state index contributed by atoms with van der Waals surface area (Å²) in [4.78, 5) is 43.3. The number of amides is 3. The molecule has 1 fully saturated rings. The van der Waals surface area contributed by atoms with Gasteiger partial charge in [0.05, 0.1) is 11.8 Å². The summed E-state index contributed by atoms with van der Waals surface area (Å²) >= 11 is 0. The summed E-state index contributed by atoms with van der Waals surface area (Å²) in [5.41, 5.74) is 6.35. The van der Waals surface area contributed by atoms with Crippen molar-refractivity contribution >= 4 is 23.4 Å². The number of hydrogen-bond acceptors (Lipinski definition) is 3. The van der Waals surface area contributed by atoms with Gasteiger partial charge in [-0.1, -0.05) is 73.7 Å². The molecule has 4 aliphatic rings. The van der Waals surface area contributed by atoms with Crippen LogP contribution in [0.2, 0.25) is 0 Å². The summed E-state index contributed by atoms with van der Waals surface area (Å²) in [6.07, 6.45) is 0.752. The summed E-state index contributed by atoms with van der Waals surface area (Å²) in [6, 6.07) is 24.1. The predicted molar refractivity (Wildman–Crippen MR) is 129 cm³/mol. The topological polar surface area (TPSA) is 57.7 Å². The highest BCUT2D eigenvalue weighted by molar-refractivity contribution is 6.08. The van der Waals surface area contributed by atoms with Gasteiger partial charge in [-0.3, -0.25) is 24.2 Å². The zero-order chi connectivity index (χ0) is 23.6. The molecular weight excluding hydrogens is 424 g/mol. The van der Waals surface area contributed by atoms with Crippen LogP contribution in [0.4, 0.5) is 5.69 Å². The zero-order valence-electron chi connectivity index (χ0n) is 19.3. The first-order chi connectivity index (χ1) is 16.5. The predicted octanol–water partition coefficient (Wildman–Crippen LogP) is 4.45. The lowest BCUT2D eigenvalue weighted by atomic mass is 9.55. The van der Waals surface area contributed by atoms with E-state index < -0.39 is 11.8 Å². The van der Waals surface area contributed by atoms with Crippen LogP contribution in [0.3, 0.4) is 0 Å². The number of benzene rings is 3. The summed E-state index contributed by atoms with van der Waals surface area (Å²) < 4.78 is 0. The first-order valence-corrected chi connectivity index (χ1v) is 11.9. The average Bonchev–Trinajstić information content (AvgIpc) is 3.12. The monoisotopic (exact) mass is 450 g/mol. The van der Waals surface area contributed by atoms with Crippen molar-refractivity contribution in [2.24, 2.45) is 11.8 Å². The number of carbonyl (C=O) groups excluding carboxylic acids is 3. The van der Waals surface area contributed by atoms with Crippen LogP contribution in [-0.4, -0.2) is 29.3 Å². The van der Waals surface area contributed by atoms with E-state index in [1.165, 1.54) is 11.8 Å². The maximum Gasteiger partial charge on any atom is 0.235 e. The summed E-state index contributed by atoms with van der Waals surface area (Å²) in [6.45, 7) is 3.47. The number of carbonyl (C=O) groups is 3. The highest BCUT2D eigenvalue weighted by Gasteiger charge is 2.61. The lowest BCUT2D eigenvalue weighted by Crippen LogP contribution is -2.44. The molecule has 0 N–H and O–H groups in total. The molecule has 5 heteroatoms. The van der Waals surface area contributed by atoms with E-state index in [-0.39, 0.29) is 36.2 Å². The molecule has 170 valence electrons. The van der Waals surface area contributed by atoms with Crippen LogP contribution >= 0.6 is 0 Å². The molecule has 1 saturated heterocycles. The highest BCUT2D eigenvalue weighted by atomic mass is 16.2. The number of hydrogen-bond donors (Lipinski definition) is 0. The second-order valence-electron chi connectivity index (χ2n) is 9.44. The molecule has 3 aliphatic carbocycles. The Morgan fingerprint density at radius 2 is 1.21 bits per heavy atom. The Bertz CT molecular complexity index is 1230. The lowest BCUT2D eigenvalue weighted by molar-refractivity contribution is -0.140. The number of likely N-dealkylation sites (tertiary alicyclic amines) is 1. The van der Waals surface area contributed by atoms with Gasteiger partial charge in [0.2, 0.25) is 17.7 Å². The first-order valence-electron chi connectivity index (χ1n) is 11.9. The van der Waals surface area contributed by atoms with Gasteiger partial charge in [0.25, 0.3) is 0 Å². The number of nitrogens with zero attached hydrogens (tertiary/aromatic N) is 2. The molecule has 0 radical (unpaired) electrons. The van der Waals surface area contributed by atoms with Crippen molar-refractivity contribution in [3.8, 4) is 0 Å². The van der Waals surface area contributed by atoms with Gasteiger partial charge >= 0.3 is 0 Å². The van der Waals surface area contributed by atoms with Crippen LogP contribution in [0.25, 0.3) is 0 Å². The average molecular weight is 451 g/mol. The highest BCUT2D eigenvalue weighted by Crippen LogP contribution is 2.60. The summed E-state index contributed by atoms with van der Waals surface area (Å²) in [5.74, 6) is -1.68. The van der Waals surface area contributed by atoms with E-state index in [4.69, 9.17) is 0 Å². The van der Waals surface area contributed by atoms with Crippen LogP contribution < -0.4 is 4.90 Å². The molecule has 34 heavy (non-hydrogen) atoms. The molecule has 3 amide bonds. The Hall–Kier alpha value is -3.73. The standard InChI is InChI=1S/C29H26N2O3/c1-3-18-10-4-9-15-23(18)30(17(2)32)16-31-28(33)26-24-19-11-5-6-12-20(19)25(27(26)29(31)34)22-14-8-7-13-21(22)24/h4-15,24-27H,3,16H2,1-2H3/t24?,25?,26-,27-/m1/s1. The van der Waals surface area contributed by atoms with E-state index in [0.717, 1.165) is 39.9 Å². The van der Waals surface area contributed by atoms with Gasteiger partial charge in [-0.25, -0.2) is 0 Å². The minimum absolute atomic E-state index is 0.0524. The number of rotatable bonds is 4. The van der Waals surface area contributed by atoms with Crippen molar-refractivity contribution < 1.29 is 14.4 Å². The molecular formula is C29H26N2O3. The van der Waals surface area contributed by atoms with Crippen LogP contribution in [0.5, 0.6) is 0 Å². The van der Waals surface area contributed by atoms with Gasteiger partial charge in [0.1, 0.15) is 6.67 Å². The van der Waals surface area contributed by atoms with E-state index >= 15 is 0 Å². The number of anilines is 1. The fraction of sp³-hybridized carbons (Fsp3) is 0.276. The molecule has 1 heterocycles. The number of imide groups is 1. The smallest absolute Gasteiger partial charge is 0.235 e. The molecule has 3 aromatic carbocycles. The first kappa shape index (κ1) is 20.8. The van der Waals surface area contributed by atoms with E-state index in [9.17, 15) is 14.4 Å². The number of para-hydroxylation sites is 1. The Morgan fingerprint density at radius 1 is 0.765 bits per heavy atom. The Kier molecular flexibility index (Phi) is 4.70. The van der Waals surface area contributed by atoms with Gasteiger partial charge in [-0.15, -0.1) is 0 Å². The maximum absolute atomic E-state index is 13.9. The molecule has 0 unspecified atom stereocenters. The SMILES string of the molecule is CCc1ccccc1N(CN1C(=O)[C@@H]2C3c4ccccc4C(c4ccccc43)[C@H]2C1=O)C(C)=O. The van der Waals surface area contributed by atoms with E-state index in [2.05, 4.69) is 24.3 Å². The lowest BCUT2D eigenvalue weighted by Gasteiger charge is -2.45. The van der Waals surface area contributed by atoms with Crippen LogP contribution in [0.15, 0.2) is 72.8 Å². The molecule has 3 aromatic rings. The zero-order valence-corrected chi connectivity index (χ0v) is 19.3. The fourth-order valence-electron chi connectivity index (χ4n) is 6.44. The van der Waals surface area contributed by atoms with Crippen molar-refractivity contribution in [1.82, 2.24) is 4.90 Å². The Labute approximate surface area is 199 Å². The Balaban J connectivity index is 1.43. The third-order valence-corrected chi connectivity index (χ3v) is 7.87. The maximum atomic E-state index is 13.9. The molecule has 0 spiro atoms. The molecule has 5 nitrogen and oxygen atoms in total. The van der Waals surface area contributed by atoms with Crippen molar-refractivity contribution in [3.63, 3.8) is 0 Å². The molecule has 2 atom stereocenters.